The van der Waals surface area contributed by atoms with Crippen LogP contribution in [0.15, 0.2) is 54.7 Å². The third-order valence-electron chi connectivity index (χ3n) is 5.84. The first-order chi connectivity index (χ1) is 16.1. The van der Waals surface area contributed by atoms with Gasteiger partial charge in [-0.05, 0) is 93.4 Å². The van der Waals surface area contributed by atoms with Crippen LogP contribution in [0.2, 0.25) is 0 Å². The van der Waals surface area contributed by atoms with E-state index in [1.807, 2.05) is 10.7 Å². The van der Waals surface area contributed by atoms with Gasteiger partial charge in [-0.15, -0.1) is 5.10 Å². The van der Waals surface area contributed by atoms with Crippen LogP contribution in [0.3, 0.4) is 0 Å². The van der Waals surface area contributed by atoms with Gasteiger partial charge in [-0.2, -0.15) is 0 Å². The number of hydrogen-bond acceptors (Lipinski definition) is 6. The summed E-state index contributed by atoms with van der Waals surface area (Å²) in [4.78, 5) is 9.24. The number of aromatic nitrogens is 5. The summed E-state index contributed by atoms with van der Waals surface area (Å²) in [6, 6.07) is 14.7. The number of benzene rings is 2. The topological polar surface area (TPSA) is 80.5 Å². The van der Waals surface area contributed by atoms with Crippen molar-refractivity contribution in [2.75, 3.05) is 18.4 Å². The van der Waals surface area contributed by atoms with Gasteiger partial charge in [0.25, 0.3) is 0 Å². The maximum Gasteiger partial charge on any atom is 0.227 e. The van der Waals surface area contributed by atoms with E-state index in [2.05, 4.69) is 58.0 Å². The molecule has 0 bridgehead atoms. The monoisotopic (exact) mass is 443 g/mol. The molecular formula is C25H26FN7. The highest BCUT2D eigenvalue weighted by atomic mass is 19.1. The fraction of sp³-hybridized carbons (Fsp3) is 0.280. The third kappa shape index (κ3) is 4.61. The van der Waals surface area contributed by atoms with Crippen LogP contribution in [-0.2, 0) is 0 Å². The Morgan fingerprint density at radius 3 is 2.45 bits per heavy atom. The van der Waals surface area contributed by atoms with E-state index in [9.17, 15) is 4.39 Å². The molecule has 0 spiro atoms. The molecule has 7 nitrogen and oxygen atoms in total. The summed E-state index contributed by atoms with van der Waals surface area (Å²) in [7, 11) is 0. The van der Waals surface area contributed by atoms with Gasteiger partial charge in [0.2, 0.25) is 5.95 Å². The zero-order chi connectivity index (χ0) is 22.8. The van der Waals surface area contributed by atoms with Gasteiger partial charge < -0.3 is 10.6 Å². The first-order valence-electron chi connectivity index (χ1n) is 11.2. The molecule has 4 aromatic rings. The van der Waals surface area contributed by atoms with Crippen LogP contribution < -0.4 is 10.6 Å². The highest BCUT2D eigenvalue weighted by molar-refractivity contribution is 5.76. The lowest BCUT2D eigenvalue weighted by Gasteiger charge is -2.24. The predicted molar refractivity (Wildman–Crippen MR) is 127 cm³/mol. The normalized spacial score (nSPS) is 14.4. The molecule has 33 heavy (non-hydrogen) atoms. The van der Waals surface area contributed by atoms with Gasteiger partial charge in [0.05, 0.1) is 11.7 Å². The molecular weight excluding hydrogens is 417 g/mol. The molecule has 0 unspecified atom stereocenters. The second-order valence-corrected chi connectivity index (χ2v) is 8.49. The summed E-state index contributed by atoms with van der Waals surface area (Å²) in [6.45, 7) is 5.99. The molecule has 2 aromatic carbocycles. The number of anilines is 2. The van der Waals surface area contributed by atoms with Crippen molar-refractivity contribution in [1.29, 1.82) is 0 Å². The molecule has 1 fully saturated rings. The smallest absolute Gasteiger partial charge is 0.227 e. The maximum absolute atomic E-state index is 13.6. The molecule has 1 saturated heterocycles. The van der Waals surface area contributed by atoms with Crippen molar-refractivity contribution < 1.29 is 4.39 Å². The Kier molecular flexibility index (Phi) is 5.83. The van der Waals surface area contributed by atoms with Crippen molar-refractivity contribution in [2.24, 2.45) is 0 Å². The molecule has 3 heterocycles. The standard InChI is InChI=1S/C25H26FN7/c1-16-13-17(2)15-20(14-16)29-25-28-12-9-22(30-25)24-23(18-3-5-19(26)6-4-18)31-32-33(24)21-7-10-27-11-8-21/h3-6,9,12-15,21,27H,7-8,10-11H2,1-2H3,(H,28,29,30). The number of piperidine rings is 1. The van der Waals surface area contributed by atoms with E-state index in [0.717, 1.165) is 48.6 Å². The summed E-state index contributed by atoms with van der Waals surface area (Å²) >= 11 is 0. The van der Waals surface area contributed by atoms with Crippen molar-refractivity contribution in [3.63, 3.8) is 0 Å². The number of aryl methyl sites for hydroxylation is 2. The van der Waals surface area contributed by atoms with Gasteiger partial charge in [0.1, 0.15) is 17.2 Å². The molecule has 2 aromatic heterocycles. The molecule has 8 heteroatoms. The molecule has 0 radical (unpaired) electrons. The number of hydrogen-bond donors (Lipinski definition) is 2. The Morgan fingerprint density at radius 2 is 1.73 bits per heavy atom. The van der Waals surface area contributed by atoms with Crippen LogP contribution in [0, 0.1) is 19.7 Å². The molecule has 0 amide bonds. The van der Waals surface area contributed by atoms with E-state index >= 15 is 0 Å². The average molecular weight is 444 g/mol. The van der Waals surface area contributed by atoms with Crippen LogP contribution >= 0.6 is 0 Å². The average Bonchev–Trinajstić information content (AvgIpc) is 3.25. The molecule has 0 atom stereocenters. The first kappa shape index (κ1) is 21.2. The second-order valence-electron chi connectivity index (χ2n) is 8.49. The molecule has 5 rings (SSSR count). The van der Waals surface area contributed by atoms with Crippen LogP contribution in [-0.4, -0.2) is 38.1 Å². The largest absolute Gasteiger partial charge is 0.324 e. The van der Waals surface area contributed by atoms with Crippen molar-refractivity contribution in [1.82, 2.24) is 30.3 Å². The summed E-state index contributed by atoms with van der Waals surface area (Å²) in [5, 5.41) is 15.7. The lowest BCUT2D eigenvalue weighted by molar-refractivity contribution is 0.340. The van der Waals surface area contributed by atoms with Crippen LogP contribution in [0.4, 0.5) is 16.0 Å². The lowest BCUT2D eigenvalue weighted by Crippen LogP contribution is -2.30. The van der Waals surface area contributed by atoms with E-state index in [0.29, 0.717) is 11.6 Å². The summed E-state index contributed by atoms with van der Waals surface area (Å²) < 4.78 is 15.5. The van der Waals surface area contributed by atoms with E-state index in [4.69, 9.17) is 4.98 Å². The third-order valence-corrected chi connectivity index (χ3v) is 5.84. The molecule has 168 valence electrons. The molecule has 0 aliphatic carbocycles. The fourth-order valence-corrected chi connectivity index (χ4v) is 4.37. The SMILES string of the molecule is Cc1cc(C)cc(Nc2nccc(-c3c(-c4ccc(F)cc4)nnn3C3CCNCC3)n2)c1. The Morgan fingerprint density at radius 1 is 1.00 bits per heavy atom. The maximum atomic E-state index is 13.6. The minimum atomic E-state index is -0.284. The molecule has 2 N–H and O–H groups in total. The molecule has 1 aliphatic rings. The quantitative estimate of drug-likeness (QED) is 0.460. The number of nitrogens with one attached hydrogen (secondary N) is 2. The Bertz CT molecular complexity index is 1240. The summed E-state index contributed by atoms with van der Waals surface area (Å²) in [6.07, 6.45) is 3.65. The highest BCUT2D eigenvalue weighted by Gasteiger charge is 2.25. The van der Waals surface area contributed by atoms with E-state index < -0.39 is 0 Å². The number of rotatable bonds is 5. The Labute approximate surface area is 192 Å². The lowest BCUT2D eigenvalue weighted by atomic mass is 10.0. The zero-order valence-electron chi connectivity index (χ0n) is 18.7. The molecule has 1 aliphatic heterocycles. The first-order valence-corrected chi connectivity index (χ1v) is 11.2. The van der Waals surface area contributed by atoms with Gasteiger partial charge in [-0.3, -0.25) is 0 Å². The fourth-order valence-electron chi connectivity index (χ4n) is 4.37. The van der Waals surface area contributed by atoms with Crippen LogP contribution in [0.1, 0.15) is 30.0 Å². The van der Waals surface area contributed by atoms with Crippen LogP contribution in [0.25, 0.3) is 22.6 Å². The summed E-state index contributed by atoms with van der Waals surface area (Å²) in [5.74, 6) is 0.216. The van der Waals surface area contributed by atoms with Crippen molar-refractivity contribution in [2.45, 2.75) is 32.7 Å². The van der Waals surface area contributed by atoms with Gasteiger partial charge >= 0.3 is 0 Å². The number of halogens is 1. The van der Waals surface area contributed by atoms with E-state index in [-0.39, 0.29) is 11.9 Å². The Hall–Kier alpha value is -3.65. The Balaban J connectivity index is 1.57. The predicted octanol–water partition coefficient (Wildman–Crippen LogP) is 4.83. The van der Waals surface area contributed by atoms with Crippen molar-refractivity contribution >= 4 is 11.6 Å². The highest BCUT2D eigenvalue weighted by Crippen LogP contribution is 2.33. The number of nitrogens with zero attached hydrogens (tertiary/aromatic N) is 5. The van der Waals surface area contributed by atoms with Gasteiger partial charge in [-0.25, -0.2) is 19.0 Å². The minimum absolute atomic E-state index is 0.216. The van der Waals surface area contributed by atoms with E-state index in [1.165, 1.54) is 23.3 Å². The van der Waals surface area contributed by atoms with E-state index in [1.54, 1.807) is 18.3 Å². The minimum Gasteiger partial charge on any atom is -0.324 e. The second kappa shape index (κ2) is 9.07. The van der Waals surface area contributed by atoms with Crippen molar-refractivity contribution in [3.05, 3.63) is 71.7 Å². The van der Waals surface area contributed by atoms with Gasteiger partial charge in [-0.1, -0.05) is 11.3 Å². The van der Waals surface area contributed by atoms with Crippen LogP contribution in [0.5, 0.6) is 0 Å². The summed E-state index contributed by atoms with van der Waals surface area (Å²) in [5.41, 5.74) is 6.30. The molecule has 0 saturated carbocycles. The zero-order valence-corrected chi connectivity index (χ0v) is 18.7. The van der Waals surface area contributed by atoms with Crippen molar-refractivity contribution in [3.8, 4) is 22.6 Å². The van der Waals surface area contributed by atoms with Gasteiger partial charge in [0, 0.05) is 17.4 Å². The van der Waals surface area contributed by atoms with Gasteiger partial charge in [0.15, 0.2) is 0 Å².